The van der Waals surface area contributed by atoms with Crippen molar-refractivity contribution in [3.05, 3.63) is 0 Å². The molecule has 0 aliphatic carbocycles. The Balaban J connectivity index is 4.06. The fourth-order valence-electron chi connectivity index (χ4n) is 3.83. The van der Waals surface area contributed by atoms with E-state index in [-0.39, 0.29) is 0 Å². The van der Waals surface area contributed by atoms with Crippen LogP contribution in [0.15, 0.2) is 0 Å². The van der Waals surface area contributed by atoms with E-state index in [9.17, 15) is 9.59 Å². The van der Waals surface area contributed by atoms with Gasteiger partial charge in [0.15, 0.2) is 5.41 Å². The van der Waals surface area contributed by atoms with E-state index in [0.29, 0.717) is 26.1 Å². The second-order valence-electron chi connectivity index (χ2n) is 8.70. The van der Waals surface area contributed by atoms with Gasteiger partial charge in [0.05, 0.1) is 13.2 Å². The maximum Gasteiger partial charge on any atom is 0.323 e. The van der Waals surface area contributed by atoms with Crippen LogP contribution in [0.3, 0.4) is 0 Å². The third kappa shape index (κ3) is 14.1. The highest BCUT2D eigenvalue weighted by Gasteiger charge is 2.45. The lowest BCUT2D eigenvalue weighted by Crippen LogP contribution is -2.41. The van der Waals surface area contributed by atoms with Crippen LogP contribution in [-0.4, -0.2) is 31.0 Å². The van der Waals surface area contributed by atoms with Gasteiger partial charge in [-0.05, 0) is 32.1 Å². The van der Waals surface area contributed by atoms with E-state index in [1.165, 1.54) is 51.4 Å². The first-order chi connectivity index (χ1) is 15.1. The zero-order valence-corrected chi connectivity index (χ0v) is 21.4. The maximum absolute atomic E-state index is 12.7. The normalized spacial score (nSPS) is 11.5. The summed E-state index contributed by atoms with van der Waals surface area (Å²) < 4.78 is 11.0. The van der Waals surface area contributed by atoms with E-state index in [1.807, 2.05) is 13.8 Å². The van der Waals surface area contributed by atoms with E-state index in [4.69, 9.17) is 21.1 Å². The zero-order valence-electron chi connectivity index (χ0n) is 20.7. The van der Waals surface area contributed by atoms with Crippen LogP contribution in [0, 0.1) is 5.41 Å². The van der Waals surface area contributed by atoms with Crippen molar-refractivity contribution in [1.29, 1.82) is 0 Å². The van der Waals surface area contributed by atoms with Crippen LogP contribution in [0.25, 0.3) is 0 Å². The SMILES string of the molecule is CCCCCCCCCCCOC(=O)C(CC)(CC)C(=O)OCCCCCCCCCl. The molecule has 0 aliphatic heterocycles. The fraction of sp³-hybridized carbons (Fsp3) is 0.923. The average Bonchev–Trinajstić information content (AvgIpc) is 2.78. The summed E-state index contributed by atoms with van der Waals surface area (Å²) in [6.07, 6.45) is 18.2. The maximum atomic E-state index is 12.7. The summed E-state index contributed by atoms with van der Waals surface area (Å²) in [5.74, 6) is -0.108. The van der Waals surface area contributed by atoms with Gasteiger partial charge in [-0.3, -0.25) is 9.59 Å². The van der Waals surface area contributed by atoms with E-state index in [0.717, 1.165) is 50.8 Å². The van der Waals surface area contributed by atoms with Crippen LogP contribution >= 0.6 is 11.6 Å². The topological polar surface area (TPSA) is 52.6 Å². The number of alkyl halides is 1. The van der Waals surface area contributed by atoms with E-state index in [2.05, 4.69) is 6.92 Å². The highest BCUT2D eigenvalue weighted by molar-refractivity contribution is 6.17. The number of esters is 2. The zero-order chi connectivity index (χ0) is 23.2. The van der Waals surface area contributed by atoms with Crippen molar-refractivity contribution in [3.8, 4) is 0 Å². The molecule has 0 unspecified atom stereocenters. The molecule has 0 heterocycles. The average molecular weight is 461 g/mol. The number of ether oxygens (including phenoxy) is 2. The monoisotopic (exact) mass is 460 g/mol. The summed E-state index contributed by atoms with van der Waals surface area (Å²) >= 11 is 5.68. The molecule has 31 heavy (non-hydrogen) atoms. The molecule has 0 aromatic carbocycles. The van der Waals surface area contributed by atoms with Crippen LogP contribution in [0.2, 0.25) is 0 Å². The van der Waals surface area contributed by atoms with E-state index < -0.39 is 17.4 Å². The van der Waals surface area contributed by atoms with E-state index in [1.54, 1.807) is 0 Å². The van der Waals surface area contributed by atoms with Crippen molar-refractivity contribution in [3.63, 3.8) is 0 Å². The minimum atomic E-state index is -1.15. The van der Waals surface area contributed by atoms with Gasteiger partial charge in [-0.1, -0.05) is 97.8 Å². The lowest BCUT2D eigenvalue weighted by atomic mass is 9.82. The van der Waals surface area contributed by atoms with Crippen LogP contribution < -0.4 is 0 Å². The summed E-state index contributed by atoms with van der Waals surface area (Å²) in [7, 11) is 0. The second-order valence-corrected chi connectivity index (χ2v) is 9.08. The van der Waals surface area contributed by atoms with Gasteiger partial charge in [-0.15, -0.1) is 11.6 Å². The molecule has 0 amide bonds. The Morgan fingerprint density at radius 3 is 1.29 bits per heavy atom. The number of hydrogen-bond acceptors (Lipinski definition) is 4. The Kier molecular flexibility index (Phi) is 20.6. The highest BCUT2D eigenvalue weighted by Crippen LogP contribution is 2.30. The molecule has 0 saturated carbocycles. The molecule has 0 saturated heterocycles. The molecule has 0 radical (unpaired) electrons. The molecular weight excluding hydrogens is 412 g/mol. The molecule has 0 aromatic rings. The Morgan fingerprint density at radius 1 is 0.581 bits per heavy atom. The minimum Gasteiger partial charge on any atom is -0.465 e. The summed E-state index contributed by atoms with van der Waals surface area (Å²) in [5.41, 5.74) is -1.15. The Labute approximate surface area is 197 Å². The summed E-state index contributed by atoms with van der Waals surface area (Å²) in [4.78, 5) is 25.4. The molecule has 0 N–H and O–H groups in total. The second kappa shape index (κ2) is 21.1. The number of unbranched alkanes of at least 4 members (excludes halogenated alkanes) is 13. The molecule has 0 rings (SSSR count). The lowest BCUT2D eigenvalue weighted by Gasteiger charge is -2.27. The Bertz CT molecular complexity index is 435. The summed E-state index contributed by atoms with van der Waals surface area (Å²) in [5, 5.41) is 0. The van der Waals surface area contributed by atoms with Gasteiger partial charge in [0.1, 0.15) is 0 Å². The lowest BCUT2D eigenvalue weighted by molar-refractivity contribution is -0.173. The molecule has 0 spiro atoms. The van der Waals surface area contributed by atoms with Crippen molar-refractivity contribution in [2.24, 2.45) is 5.41 Å². The van der Waals surface area contributed by atoms with Crippen LogP contribution in [0.5, 0.6) is 0 Å². The largest absolute Gasteiger partial charge is 0.465 e. The number of carbonyl (C=O) groups is 2. The molecule has 4 nitrogen and oxygen atoms in total. The molecule has 0 fully saturated rings. The standard InChI is InChI=1S/C26H49ClO4/c1-4-7-8-9-10-11-13-16-19-22-30-24(28)26(5-2,6-3)25(29)31-23-20-17-14-12-15-18-21-27/h4-23H2,1-3H3. The first-order valence-electron chi connectivity index (χ1n) is 13.0. The first-order valence-corrected chi connectivity index (χ1v) is 13.5. The van der Waals surface area contributed by atoms with Gasteiger partial charge in [-0.2, -0.15) is 0 Å². The van der Waals surface area contributed by atoms with Gasteiger partial charge in [-0.25, -0.2) is 0 Å². The van der Waals surface area contributed by atoms with E-state index >= 15 is 0 Å². The number of rotatable bonds is 22. The Morgan fingerprint density at radius 2 is 0.935 bits per heavy atom. The highest BCUT2D eigenvalue weighted by atomic mass is 35.5. The quantitative estimate of drug-likeness (QED) is 0.0710. The molecule has 0 aromatic heterocycles. The Hall–Kier alpha value is -0.770. The fourth-order valence-corrected chi connectivity index (χ4v) is 4.02. The number of halogens is 1. The summed E-state index contributed by atoms with van der Waals surface area (Å²) in [6.45, 7) is 6.73. The van der Waals surface area contributed by atoms with Gasteiger partial charge < -0.3 is 9.47 Å². The van der Waals surface area contributed by atoms with Gasteiger partial charge in [0, 0.05) is 5.88 Å². The van der Waals surface area contributed by atoms with Crippen LogP contribution in [-0.2, 0) is 19.1 Å². The van der Waals surface area contributed by atoms with Crippen molar-refractivity contribution >= 4 is 23.5 Å². The van der Waals surface area contributed by atoms with Crippen molar-refractivity contribution in [2.75, 3.05) is 19.1 Å². The third-order valence-corrected chi connectivity index (χ3v) is 6.50. The number of hydrogen-bond donors (Lipinski definition) is 0. The smallest absolute Gasteiger partial charge is 0.323 e. The minimum absolute atomic E-state index is 0.377. The van der Waals surface area contributed by atoms with Crippen LogP contribution in [0.4, 0.5) is 0 Å². The predicted octanol–water partition coefficient (Wildman–Crippen LogP) is 7.99. The van der Waals surface area contributed by atoms with Gasteiger partial charge >= 0.3 is 11.9 Å². The summed E-state index contributed by atoms with van der Waals surface area (Å²) in [6, 6.07) is 0. The van der Waals surface area contributed by atoms with Gasteiger partial charge in [0.25, 0.3) is 0 Å². The van der Waals surface area contributed by atoms with Crippen LogP contribution in [0.1, 0.15) is 130 Å². The molecule has 5 heteroatoms. The third-order valence-electron chi connectivity index (χ3n) is 6.23. The molecule has 0 aliphatic rings. The van der Waals surface area contributed by atoms with Crippen molar-refractivity contribution in [2.45, 2.75) is 130 Å². The molecule has 0 atom stereocenters. The van der Waals surface area contributed by atoms with Crippen molar-refractivity contribution < 1.29 is 19.1 Å². The molecule has 0 bridgehead atoms. The number of carbonyl (C=O) groups excluding carboxylic acids is 2. The van der Waals surface area contributed by atoms with Gasteiger partial charge in [0.2, 0.25) is 0 Å². The van der Waals surface area contributed by atoms with Crippen molar-refractivity contribution in [1.82, 2.24) is 0 Å². The predicted molar refractivity (Wildman–Crippen MR) is 131 cm³/mol. The molecule has 184 valence electrons. The first kappa shape index (κ1) is 30.2. The molecular formula is C26H49ClO4.